The molecule has 1 aromatic heterocycles. The van der Waals surface area contributed by atoms with E-state index in [4.69, 9.17) is 9.47 Å². The van der Waals surface area contributed by atoms with E-state index in [1.807, 2.05) is 23.3 Å². The summed E-state index contributed by atoms with van der Waals surface area (Å²) in [5.41, 5.74) is 2.68. The molecular formula is C17H21N3O4S. The smallest absolute Gasteiger partial charge is 0.321 e. The van der Waals surface area contributed by atoms with Crippen LogP contribution < -0.4 is 9.47 Å². The number of hydrogen-bond acceptors (Lipinski definition) is 6. The van der Waals surface area contributed by atoms with Gasteiger partial charge in [-0.3, -0.25) is 9.69 Å². The van der Waals surface area contributed by atoms with E-state index in [1.54, 1.807) is 32.3 Å². The third-order valence-corrected chi connectivity index (χ3v) is 5.20. The van der Waals surface area contributed by atoms with E-state index in [1.165, 1.54) is 0 Å². The maximum absolute atomic E-state index is 11.7. The van der Waals surface area contributed by atoms with E-state index in [2.05, 4.69) is 9.97 Å². The first kappa shape index (κ1) is 17.6. The number of methoxy groups -OCH3 is 2. The standard InChI is InChI=1S/C17H21N3O4S/c1-23-14-6-16(25-3)15(24-2)4-10(14)7-20-8-12-11(18-9-19-12)5-13(20)17(21)22/h4,6,9,13H,5,7-8H2,1-3H3,(H,18,19)(H,21,22)/t13-/m1/s1. The molecule has 25 heavy (non-hydrogen) atoms. The summed E-state index contributed by atoms with van der Waals surface area (Å²) in [7, 11) is 3.25. The molecule has 7 nitrogen and oxygen atoms in total. The molecule has 0 spiro atoms. The van der Waals surface area contributed by atoms with Crippen LogP contribution in [-0.2, 0) is 24.3 Å². The Labute approximate surface area is 150 Å². The molecule has 2 aromatic rings. The van der Waals surface area contributed by atoms with Crippen LogP contribution >= 0.6 is 11.8 Å². The number of hydrogen-bond donors (Lipinski definition) is 2. The van der Waals surface area contributed by atoms with Crippen LogP contribution in [0.1, 0.15) is 17.0 Å². The monoisotopic (exact) mass is 363 g/mol. The molecule has 0 bridgehead atoms. The number of carbonyl (C=O) groups is 1. The van der Waals surface area contributed by atoms with Crippen molar-refractivity contribution in [1.29, 1.82) is 0 Å². The molecule has 2 heterocycles. The number of imidazole rings is 1. The van der Waals surface area contributed by atoms with Gasteiger partial charge in [0.15, 0.2) is 0 Å². The molecule has 0 aliphatic carbocycles. The Hall–Kier alpha value is -2.19. The van der Waals surface area contributed by atoms with Crippen LogP contribution in [0.5, 0.6) is 11.5 Å². The Morgan fingerprint density at radius 2 is 2.16 bits per heavy atom. The van der Waals surface area contributed by atoms with Gasteiger partial charge >= 0.3 is 5.97 Å². The van der Waals surface area contributed by atoms with Gasteiger partial charge in [-0.15, -0.1) is 11.8 Å². The number of carboxylic acids is 1. The summed E-state index contributed by atoms with van der Waals surface area (Å²) in [4.78, 5) is 21.9. The van der Waals surface area contributed by atoms with Gasteiger partial charge in [-0.1, -0.05) is 0 Å². The number of rotatable bonds is 6. The number of aliphatic carboxylic acids is 1. The molecule has 3 rings (SSSR count). The van der Waals surface area contributed by atoms with Crippen LogP contribution in [0.4, 0.5) is 0 Å². The van der Waals surface area contributed by atoms with Crippen molar-refractivity contribution < 1.29 is 19.4 Å². The van der Waals surface area contributed by atoms with Crippen LogP contribution in [0, 0.1) is 0 Å². The predicted molar refractivity (Wildman–Crippen MR) is 94.3 cm³/mol. The van der Waals surface area contributed by atoms with Gasteiger partial charge in [-0.2, -0.15) is 0 Å². The maximum Gasteiger partial charge on any atom is 0.321 e. The molecule has 0 amide bonds. The minimum Gasteiger partial charge on any atom is -0.496 e. The molecule has 0 saturated carbocycles. The van der Waals surface area contributed by atoms with Crippen LogP contribution in [0.2, 0.25) is 0 Å². The van der Waals surface area contributed by atoms with E-state index in [0.29, 0.717) is 19.5 Å². The van der Waals surface area contributed by atoms with Gasteiger partial charge in [-0.05, 0) is 18.4 Å². The number of nitrogens with one attached hydrogen (secondary N) is 1. The first-order valence-corrected chi connectivity index (χ1v) is 9.06. The lowest BCUT2D eigenvalue weighted by atomic mass is 10.0. The summed E-state index contributed by atoms with van der Waals surface area (Å²) in [5.74, 6) is 0.638. The number of fused-ring (bicyclic) bond motifs is 1. The van der Waals surface area contributed by atoms with Gasteiger partial charge in [-0.25, -0.2) is 4.98 Å². The molecule has 0 saturated heterocycles. The van der Waals surface area contributed by atoms with Gasteiger partial charge < -0.3 is 19.6 Å². The SMILES string of the molecule is COc1cc(SC)c(OC)cc1CN1Cc2[nH]cnc2C[C@@H]1C(=O)O. The van der Waals surface area contributed by atoms with Crippen molar-refractivity contribution >= 4 is 17.7 Å². The lowest BCUT2D eigenvalue weighted by Crippen LogP contribution is -2.45. The zero-order valence-corrected chi connectivity index (χ0v) is 15.2. The molecule has 1 atom stereocenters. The topological polar surface area (TPSA) is 87.7 Å². The zero-order chi connectivity index (χ0) is 18.0. The second-order valence-electron chi connectivity index (χ2n) is 5.81. The van der Waals surface area contributed by atoms with Gasteiger partial charge in [0.25, 0.3) is 0 Å². The third kappa shape index (κ3) is 3.45. The van der Waals surface area contributed by atoms with Crippen LogP contribution in [0.25, 0.3) is 0 Å². The highest BCUT2D eigenvalue weighted by Gasteiger charge is 2.33. The van der Waals surface area contributed by atoms with Crippen molar-refractivity contribution in [2.24, 2.45) is 0 Å². The molecular weight excluding hydrogens is 342 g/mol. The minimum atomic E-state index is -0.847. The Balaban J connectivity index is 1.93. The summed E-state index contributed by atoms with van der Waals surface area (Å²) in [6.45, 7) is 0.950. The maximum atomic E-state index is 11.7. The summed E-state index contributed by atoms with van der Waals surface area (Å²) in [6, 6.07) is 3.23. The van der Waals surface area contributed by atoms with Gasteiger partial charge in [0.2, 0.25) is 0 Å². The lowest BCUT2D eigenvalue weighted by molar-refractivity contribution is -0.144. The fraction of sp³-hybridized carbons (Fsp3) is 0.412. The first-order valence-electron chi connectivity index (χ1n) is 7.84. The third-order valence-electron chi connectivity index (χ3n) is 4.44. The highest BCUT2D eigenvalue weighted by Crippen LogP contribution is 2.36. The lowest BCUT2D eigenvalue weighted by Gasteiger charge is -2.32. The average molecular weight is 363 g/mol. The second-order valence-corrected chi connectivity index (χ2v) is 6.66. The molecule has 1 aromatic carbocycles. The fourth-order valence-electron chi connectivity index (χ4n) is 3.13. The fourth-order valence-corrected chi connectivity index (χ4v) is 3.70. The molecule has 2 N–H and O–H groups in total. The molecule has 0 unspecified atom stereocenters. The summed E-state index contributed by atoms with van der Waals surface area (Å²) in [6.07, 6.45) is 3.97. The molecule has 1 aliphatic heterocycles. The van der Waals surface area contributed by atoms with E-state index in [-0.39, 0.29) is 0 Å². The van der Waals surface area contributed by atoms with Crippen LogP contribution in [-0.4, -0.2) is 52.5 Å². The van der Waals surface area contributed by atoms with E-state index in [0.717, 1.165) is 33.3 Å². The normalized spacial score (nSPS) is 17.2. The van der Waals surface area contributed by atoms with Gasteiger partial charge in [0, 0.05) is 25.1 Å². The summed E-state index contributed by atoms with van der Waals surface area (Å²) < 4.78 is 11.0. The van der Waals surface area contributed by atoms with Crippen molar-refractivity contribution in [2.45, 2.75) is 30.4 Å². The Kier molecular flexibility index (Phi) is 5.19. The van der Waals surface area contributed by atoms with Crippen molar-refractivity contribution in [3.63, 3.8) is 0 Å². The molecule has 8 heteroatoms. The predicted octanol–water partition coefficient (Wildman–Crippen LogP) is 2.16. The number of aromatic nitrogens is 2. The number of benzene rings is 1. The number of ether oxygens (including phenoxy) is 2. The van der Waals surface area contributed by atoms with Crippen LogP contribution in [0.15, 0.2) is 23.4 Å². The van der Waals surface area contributed by atoms with Gasteiger partial charge in [0.05, 0.1) is 36.8 Å². The Morgan fingerprint density at radius 3 is 2.80 bits per heavy atom. The van der Waals surface area contributed by atoms with Crippen molar-refractivity contribution in [3.8, 4) is 11.5 Å². The number of aromatic amines is 1. The van der Waals surface area contributed by atoms with E-state index >= 15 is 0 Å². The molecule has 0 fully saturated rings. The first-order chi connectivity index (χ1) is 12.1. The van der Waals surface area contributed by atoms with Crippen molar-refractivity contribution in [1.82, 2.24) is 14.9 Å². The molecule has 0 radical (unpaired) electrons. The largest absolute Gasteiger partial charge is 0.496 e. The Bertz CT molecular complexity index is 777. The average Bonchev–Trinajstić information content (AvgIpc) is 3.07. The summed E-state index contributed by atoms with van der Waals surface area (Å²) in [5, 5.41) is 9.62. The number of thioether (sulfide) groups is 1. The number of nitrogens with zero attached hydrogens (tertiary/aromatic N) is 2. The molecule has 1 aliphatic rings. The minimum absolute atomic E-state index is 0.385. The van der Waals surface area contributed by atoms with E-state index in [9.17, 15) is 9.90 Å². The molecule has 134 valence electrons. The zero-order valence-electron chi connectivity index (χ0n) is 14.4. The second kappa shape index (κ2) is 7.37. The van der Waals surface area contributed by atoms with E-state index < -0.39 is 12.0 Å². The Morgan fingerprint density at radius 1 is 1.40 bits per heavy atom. The van der Waals surface area contributed by atoms with Gasteiger partial charge in [0.1, 0.15) is 17.5 Å². The summed E-state index contributed by atoms with van der Waals surface area (Å²) >= 11 is 1.58. The van der Waals surface area contributed by atoms with Crippen molar-refractivity contribution in [3.05, 3.63) is 35.4 Å². The van der Waals surface area contributed by atoms with Crippen molar-refractivity contribution in [2.75, 3.05) is 20.5 Å². The highest BCUT2D eigenvalue weighted by atomic mass is 32.2. The number of carboxylic acid groups (broad SMARTS) is 1. The highest BCUT2D eigenvalue weighted by molar-refractivity contribution is 7.98. The van der Waals surface area contributed by atoms with Crippen LogP contribution in [0.3, 0.4) is 0 Å². The quantitative estimate of drug-likeness (QED) is 0.761. The number of H-pyrrole nitrogens is 1.